The van der Waals surface area contributed by atoms with Crippen LogP contribution >= 0.6 is 0 Å². The minimum Gasteiger partial charge on any atom is -0.231 e. The highest BCUT2D eigenvalue weighted by Crippen LogP contribution is 2.43. The Bertz CT molecular complexity index is 530. The van der Waals surface area contributed by atoms with E-state index in [0.717, 1.165) is 5.65 Å². The molecule has 0 aliphatic heterocycles. The van der Waals surface area contributed by atoms with Gasteiger partial charge in [-0.2, -0.15) is 5.10 Å². The first-order valence-electron chi connectivity index (χ1n) is 5.91. The van der Waals surface area contributed by atoms with Crippen molar-refractivity contribution >= 4 is 5.65 Å². The van der Waals surface area contributed by atoms with E-state index in [2.05, 4.69) is 25.9 Å². The monoisotopic (exact) mass is 215 g/mol. The van der Waals surface area contributed by atoms with E-state index in [-0.39, 0.29) is 5.41 Å². The van der Waals surface area contributed by atoms with Gasteiger partial charge in [0.05, 0.1) is 11.4 Å². The number of fused-ring (bicyclic) bond motifs is 1. The molecule has 0 unspecified atom stereocenters. The molecule has 3 nitrogen and oxygen atoms in total. The van der Waals surface area contributed by atoms with Gasteiger partial charge in [0.25, 0.3) is 0 Å². The Balaban J connectivity index is 2.31. The van der Waals surface area contributed by atoms with Crippen LogP contribution in [-0.4, -0.2) is 14.6 Å². The Hall–Kier alpha value is -1.38. The van der Waals surface area contributed by atoms with Crippen LogP contribution in [0.25, 0.3) is 5.65 Å². The van der Waals surface area contributed by atoms with Gasteiger partial charge < -0.3 is 0 Å². The molecule has 0 N–H and O–H groups in total. The van der Waals surface area contributed by atoms with Crippen LogP contribution in [0, 0.1) is 0 Å². The fourth-order valence-electron chi connectivity index (χ4n) is 2.25. The van der Waals surface area contributed by atoms with Crippen LogP contribution in [0.3, 0.4) is 0 Å². The van der Waals surface area contributed by atoms with Gasteiger partial charge in [-0.05, 0) is 25.0 Å². The quantitative estimate of drug-likeness (QED) is 0.732. The number of hydrogen-bond donors (Lipinski definition) is 0. The first kappa shape index (κ1) is 9.82. The molecule has 1 aliphatic rings. The maximum atomic E-state index is 4.74. The highest BCUT2D eigenvalue weighted by molar-refractivity contribution is 5.45. The third kappa shape index (κ3) is 1.42. The molecule has 2 aromatic heterocycles. The summed E-state index contributed by atoms with van der Waals surface area (Å²) in [5.41, 5.74) is 3.64. The van der Waals surface area contributed by atoms with E-state index >= 15 is 0 Å². The van der Waals surface area contributed by atoms with Crippen molar-refractivity contribution in [3.05, 3.63) is 29.7 Å². The minimum absolute atomic E-state index is 0.103. The van der Waals surface area contributed by atoms with Crippen LogP contribution in [0.15, 0.2) is 18.3 Å². The molecule has 1 fully saturated rings. The summed E-state index contributed by atoms with van der Waals surface area (Å²) in [7, 11) is 0. The normalized spacial score (nSPS) is 16.9. The van der Waals surface area contributed by atoms with Crippen molar-refractivity contribution in [3.8, 4) is 0 Å². The highest BCUT2D eigenvalue weighted by Gasteiger charge is 2.34. The number of hydrogen-bond acceptors (Lipinski definition) is 2. The Morgan fingerprint density at radius 1 is 1.31 bits per heavy atom. The Labute approximate surface area is 95.5 Å². The third-order valence-corrected chi connectivity index (χ3v) is 3.09. The summed E-state index contributed by atoms with van der Waals surface area (Å²) in [6, 6.07) is 3.99. The molecule has 0 radical (unpaired) electrons. The Kier molecular flexibility index (Phi) is 1.88. The largest absolute Gasteiger partial charge is 0.231 e. The zero-order chi connectivity index (χ0) is 11.3. The summed E-state index contributed by atoms with van der Waals surface area (Å²) < 4.78 is 2.01. The van der Waals surface area contributed by atoms with Gasteiger partial charge >= 0.3 is 0 Å². The lowest BCUT2D eigenvalue weighted by Crippen LogP contribution is -2.17. The van der Waals surface area contributed by atoms with Gasteiger partial charge in [0.2, 0.25) is 0 Å². The van der Waals surface area contributed by atoms with Crippen molar-refractivity contribution in [2.24, 2.45) is 0 Å². The number of nitrogens with zero attached hydrogens (tertiary/aromatic N) is 3. The van der Waals surface area contributed by atoms with E-state index in [1.165, 1.54) is 24.2 Å². The molecule has 3 rings (SSSR count). The SMILES string of the molecule is CC(C)(C)c1c(C2CC2)nc2cccnn12. The maximum Gasteiger partial charge on any atom is 0.154 e. The van der Waals surface area contributed by atoms with Gasteiger partial charge in [0.15, 0.2) is 5.65 Å². The van der Waals surface area contributed by atoms with Crippen molar-refractivity contribution in [3.63, 3.8) is 0 Å². The van der Waals surface area contributed by atoms with Crippen LogP contribution < -0.4 is 0 Å². The lowest BCUT2D eigenvalue weighted by molar-refractivity contribution is 0.543. The van der Waals surface area contributed by atoms with E-state index in [1.54, 1.807) is 0 Å². The van der Waals surface area contributed by atoms with Gasteiger partial charge in [-0.15, -0.1) is 0 Å². The summed E-state index contributed by atoms with van der Waals surface area (Å²) in [6.07, 6.45) is 4.40. The molecular formula is C13H17N3. The molecule has 2 aromatic rings. The van der Waals surface area contributed by atoms with Crippen molar-refractivity contribution in [2.75, 3.05) is 0 Å². The van der Waals surface area contributed by atoms with Crippen molar-refractivity contribution in [2.45, 2.75) is 44.9 Å². The van der Waals surface area contributed by atoms with E-state index in [1.807, 2.05) is 22.8 Å². The number of rotatable bonds is 1. The fraction of sp³-hybridized carbons (Fsp3) is 0.538. The lowest BCUT2D eigenvalue weighted by Gasteiger charge is -2.19. The summed E-state index contributed by atoms with van der Waals surface area (Å²) in [5, 5.41) is 4.43. The Morgan fingerprint density at radius 2 is 2.06 bits per heavy atom. The topological polar surface area (TPSA) is 30.2 Å². The minimum atomic E-state index is 0.103. The van der Waals surface area contributed by atoms with E-state index in [0.29, 0.717) is 5.92 Å². The lowest BCUT2D eigenvalue weighted by atomic mass is 9.89. The van der Waals surface area contributed by atoms with E-state index < -0.39 is 0 Å². The van der Waals surface area contributed by atoms with Crippen molar-refractivity contribution in [1.29, 1.82) is 0 Å². The maximum absolute atomic E-state index is 4.74. The Morgan fingerprint density at radius 3 is 2.69 bits per heavy atom. The standard InChI is InChI=1S/C13H17N3/c1-13(2,3)12-11(9-6-7-9)15-10-5-4-8-14-16(10)12/h4-5,8-9H,6-7H2,1-3H3. The molecule has 16 heavy (non-hydrogen) atoms. The molecule has 0 atom stereocenters. The molecule has 0 saturated heterocycles. The molecule has 0 bridgehead atoms. The molecule has 3 heteroatoms. The van der Waals surface area contributed by atoms with Crippen LogP contribution in [0.1, 0.15) is 50.9 Å². The summed E-state index contributed by atoms with van der Waals surface area (Å²) in [4.78, 5) is 4.74. The molecule has 0 aromatic carbocycles. The van der Waals surface area contributed by atoms with Gasteiger partial charge in [-0.1, -0.05) is 20.8 Å². The highest BCUT2D eigenvalue weighted by atomic mass is 15.3. The van der Waals surface area contributed by atoms with Gasteiger partial charge in [-0.3, -0.25) is 0 Å². The summed E-state index contributed by atoms with van der Waals surface area (Å²) in [5.74, 6) is 0.677. The second-order valence-corrected chi connectivity index (χ2v) is 5.66. The average molecular weight is 215 g/mol. The van der Waals surface area contributed by atoms with Crippen LogP contribution in [0.4, 0.5) is 0 Å². The molecule has 0 spiro atoms. The van der Waals surface area contributed by atoms with Crippen LogP contribution in [0.5, 0.6) is 0 Å². The van der Waals surface area contributed by atoms with Gasteiger partial charge in [0.1, 0.15) is 0 Å². The van der Waals surface area contributed by atoms with Gasteiger partial charge in [-0.25, -0.2) is 9.50 Å². The number of imidazole rings is 1. The van der Waals surface area contributed by atoms with Crippen molar-refractivity contribution in [1.82, 2.24) is 14.6 Å². The fourth-order valence-corrected chi connectivity index (χ4v) is 2.25. The number of aromatic nitrogens is 3. The molecule has 1 saturated carbocycles. The molecule has 84 valence electrons. The summed E-state index contributed by atoms with van der Waals surface area (Å²) >= 11 is 0. The van der Waals surface area contributed by atoms with Gasteiger partial charge in [0, 0.05) is 17.5 Å². The van der Waals surface area contributed by atoms with E-state index in [4.69, 9.17) is 4.98 Å². The van der Waals surface area contributed by atoms with Crippen molar-refractivity contribution < 1.29 is 0 Å². The second kappa shape index (κ2) is 3.06. The zero-order valence-electron chi connectivity index (χ0n) is 10.1. The first-order chi connectivity index (χ1) is 7.57. The van der Waals surface area contributed by atoms with E-state index in [9.17, 15) is 0 Å². The average Bonchev–Trinajstić information content (AvgIpc) is 2.96. The molecule has 1 aliphatic carbocycles. The van der Waals surface area contributed by atoms with Crippen LogP contribution in [0.2, 0.25) is 0 Å². The molecular weight excluding hydrogens is 198 g/mol. The molecule has 2 heterocycles. The first-order valence-corrected chi connectivity index (χ1v) is 5.91. The predicted molar refractivity (Wildman–Crippen MR) is 63.7 cm³/mol. The smallest absolute Gasteiger partial charge is 0.154 e. The zero-order valence-corrected chi connectivity index (χ0v) is 10.1. The molecule has 0 amide bonds. The second-order valence-electron chi connectivity index (χ2n) is 5.66. The third-order valence-electron chi connectivity index (χ3n) is 3.09. The summed E-state index contributed by atoms with van der Waals surface area (Å²) in [6.45, 7) is 6.70. The van der Waals surface area contributed by atoms with Crippen LogP contribution in [-0.2, 0) is 5.41 Å². The predicted octanol–water partition coefficient (Wildman–Crippen LogP) is 2.90.